The molecule has 0 atom stereocenters. The first-order valence-electron chi connectivity index (χ1n) is 10.8. The second kappa shape index (κ2) is 10.1. The zero-order chi connectivity index (χ0) is 24.2. The number of carbonyl (C=O) groups excluding carboxylic acids is 1. The third-order valence-electron chi connectivity index (χ3n) is 5.32. The minimum absolute atomic E-state index is 0.252. The number of hydrogen-bond acceptors (Lipinski definition) is 6. The Morgan fingerprint density at radius 3 is 2.49 bits per heavy atom. The summed E-state index contributed by atoms with van der Waals surface area (Å²) in [6, 6.07) is 24.1. The smallest absolute Gasteiger partial charge is 0.258 e. The number of anilines is 1. The Hall–Kier alpha value is -3.94. The highest BCUT2D eigenvalue weighted by atomic mass is 35.5. The van der Waals surface area contributed by atoms with Gasteiger partial charge in [-0.25, -0.2) is 9.97 Å². The van der Waals surface area contributed by atoms with Gasteiger partial charge in [-0.15, -0.1) is 11.3 Å². The average Bonchev–Trinajstić information content (AvgIpc) is 3.35. The number of nitrogens with one attached hydrogen (secondary N) is 1. The van der Waals surface area contributed by atoms with Crippen molar-refractivity contribution in [1.82, 2.24) is 9.97 Å². The fraction of sp³-hybridized carbons (Fsp3) is 0.0741. The van der Waals surface area contributed by atoms with Gasteiger partial charge in [-0.05, 0) is 60.7 Å². The minimum Gasteiger partial charge on any atom is -0.497 e. The molecule has 174 valence electrons. The lowest BCUT2D eigenvalue weighted by molar-refractivity contribution is 0.102. The standard InChI is InChI=1S/C27H20ClN3O3S/c1-33-20-10-6-17(7-11-20)25-14-23(22-4-2-3-5-24(22)30-25)26(32)31-27-29-19(16-35-27)15-34-21-12-8-18(28)9-13-21/h2-14,16H,15H2,1H3,(H,29,31,32). The molecule has 0 aliphatic heterocycles. The second-order valence-electron chi connectivity index (χ2n) is 7.64. The number of amides is 1. The molecule has 3 aromatic carbocycles. The number of methoxy groups -OCH3 is 1. The third-order valence-corrected chi connectivity index (χ3v) is 6.38. The Bertz CT molecular complexity index is 1480. The highest BCUT2D eigenvalue weighted by molar-refractivity contribution is 7.14. The van der Waals surface area contributed by atoms with Gasteiger partial charge in [0, 0.05) is 21.4 Å². The van der Waals surface area contributed by atoms with Gasteiger partial charge < -0.3 is 9.47 Å². The molecule has 2 aromatic heterocycles. The molecule has 35 heavy (non-hydrogen) atoms. The van der Waals surface area contributed by atoms with Crippen molar-refractivity contribution in [2.75, 3.05) is 12.4 Å². The number of pyridine rings is 1. The van der Waals surface area contributed by atoms with E-state index in [-0.39, 0.29) is 12.5 Å². The van der Waals surface area contributed by atoms with E-state index < -0.39 is 0 Å². The van der Waals surface area contributed by atoms with Crippen LogP contribution in [0.5, 0.6) is 11.5 Å². The van der Waals surface area contributed by atoms with Crippen molar-refractivity contribution >= 4 is 44.9 Å². The van der Waals surface area contributed by atoms with E-state index in [0.29, 0.717) is 27.2 Å². The summed E-state index contributed by atoms with van der Waals surface area (Å²) in [5.41, 5.74) is 3.57. The first kappa shape index (κ1) is 22.8. The number of ether oxygens (including phenoxy) is 2. The number of hydrogen-bond donors (Lipinski definition) is 1. The third kappa shape index (κ3) is 5.26. The Morgan fingerprint density at radius 2 is 1.71 bits per heavy atom. The van der Waals surface area contributed by atoms with Crippen LogP contribution in [0.1, 0.15) is 16.1 Å². The van der Waals surface area contributed by atoms with Crippen molar-refractivity contribution in [3.63, 3.8) is 0 Å². The molecular formula is C27H20ClN3O3S. The van der Waals surface area contributed by atoms with E-state index in [0.717, 1.165) is 27.9 Å². The quantitative estimate of drug-likeness (QED) is 0.264. The normalized spacial score (nSPS) is 10.8. The van der Waals surface area contributed by atoms with Crippen molar-refractivity contribution in [3.05, 3.63) is 101 Å². The molecule has 8 heteroatoms. The van der Waals surface area contributed by atoms with Crippen molar-refractivity contribution in [1.29, 1.82) is 0 Å². The molecule has 0 saturated carbocycles. The number of carbonyl (C=O) groups is 1. The number of para-hydroxylation sites is 1. The molecular weight excluding hydrogens is 482 g/mol. The van der Waals surface area contributed by atoms with Crippen LogP contribution in [0.4, 0.5) is 5.13 Å². The summed E-state index contributed by atoms with van der Waals surface area (Å²) in [4.78, 5) is 22.5. The molecule has 0 saturated heterocycles. The number of rotatable bonds is 7. The van der Waals surface area contributed by atoms with Gasteiger partial charge >= 0.3 is 0 Å². The zero-order valence-electron chi connectivity index (χ0n) is 18.7. The van der Waals surface area contributed by atoms with Crippen molar-refractivity contribution in [2.24, 2.45) is 0 Å². The summed E-state index contributed by atoms with van der Waals surface area (Å²) in [6.45, 7) is 0.286. The molecule has 1 N–H and O–H groups in total. The predicted molar refractivity (Wildman–Crippen MR) is 140 cm³/mol. The lowest BCUT2D eigenvalue weighted by Crippen LogP contribution is -2.13. The van der Waals surface area contributed by atoms with Gasteiger partial charge in [0.15, 0.2) is 5.13 Å². The summed E-state index contributed by atoms with van der Waals surface area (Å²) in [7, 11) is 1.62. The molecule has 1 amide bonds. The fourth-order valence-electron chi connectivity index (χ4n) is 3.56. The van der Waals surface area contributed by atoms with E-state index in [4.69, 9.17) is 26.1 Å². The molecule has 0 fully saturated rings. The molecule has 0 spiro atoms. The van der Waals surface area contributed by atoms with Crippen LogP contribution in [0.3, 0.4) is 0 Å². The molecule has 0 radical (unpaired) electrons. The fourth-order valence-corrected chi connectivity index (χ4v) is 4.37. The van der Waals surface area contributed by atoms with E-state index >= 15 is 0 Å². The number of benzene rings is 3. The first-order valence-corrected chi connectivity index (χ1v) is 12.0. The van der Waals surface area contributed by atoms with Gasteiger partial charge in [-0.2, -0.15) is 0 Å². The van der Waals surface area contributed by atoms with E-state index in [1.54, 1.807) is 37.4 Å². The van der Waals surface area contributed by atoms with E-state index in [1.165, 1.54) is 11.3 Å². The lowest BCUT2D eigenvalue weighted by Gasteiger charge is -2.10. The Kier molecular flexibility index (Phi) is 6.61. The van der Waals surface area contributed by atoms with Crippen molar-refractivity contribution in [2.45, 2.75) is 6.61 Å². The monoisotopic (exact) mass is 501 g/mol. The number of aromatic nitrogens is 2. The molecule has 0 aliphatic rings. The molecule has 0 aliphatic carbocycles. The first-order chi connectivity index (χ1) is 17.1. The summed E-state index contributed by atoms with van der Waals surface area (Å²) >= 11 is 7.26. The Labute approximate surface area is 211 Å². The maximum Gasteiger partial charge on any atom is 0.258 e. The van der Waals surface area contributed by atoms with Crippen LogP contribution in [0.25, 0.3) is 22.2 Å². The second-order valence-corrected chi connectivity index (χ2v) is 8.94. The van der Waals surface area contributed by atoms with E-state index in [1.807, 2.05) is 53.9 Å². The van der Waals surface area contributed by atoms with E-state index in [9.17, 15) is 4.79 Å². The molecule has 6 nitrogen and oxygen atoms in total. The minimum atomic E-state index is -0.252. The average molecular weight is 502 g/mol. The van der Waals surface area contributed by atoms with Gasteiger partial charge in [-0.1, -0.05) is 29.8 Å². The molecule has 5 rings (SSSR count). The van der Waals surface area contributed by atoms with E-state index in [2.05, 4.69) is 10.3 Å². The summed E-state index contributed by atoms with van der Waals surface area (Å²) in [6.07, 6.45) is 0. The SMILES string of the molecule is COc1ccc(-c2cc(C(=O)Nc3nc(COc4ccc(Cl)cc4)cs3)c3ccccc3n2)cc1. The summed E-state index contributed by atoms with van der Waals surface area (Å²) in [5.74, 6) is 1.20. The highest BCUT2D eigenvalue weighted by Crippen LogP contribution is 2.27. The molecule has 0 bridgehead atoms. The van der Waals surface area contributed by atoms with Crippen LogP contribution in [0.15, 0.2) is 84.2 Å². The molecule has 2 heterocycles. The molecule has 5 aromatic rings. The number of fused-ring (bicyclic) bond motifs is 1. The molecule has 0 unspecified atom stereocenters. The van der Waals surface area contributed by atoms with Gasteiger partial charge in [0.2, 0.25) is 0 Å². The predicted octanol–water partition coefficient (Wildman–Crippen LogP) is 6.85. The van der Waals surface area contributed by atoms with Crippen LogP contribution in [-0.4, -0.2) is 23.0 Å². The Balaban J connectivity index is 1.37. The zero-order valence-corrected chi connectivity index (χ0v) is 20.3. The summed E-state index contributed by atoms with van der Waals surface area (Å²) < 4.78 is 11.0. The number of nitrogens with zero attached hydrogens (tertiary/aromatic N) is 2. The van der Waals surface area contributed by atoms with Gasteiger partial charge in [0.25, 0.3) is 5.91 Å². The van der Waals surface area contributed by atoms with Gasteiger partial charge in [-0.3, -0.25) is 10.1 Å². The van der Waals surface area contributed by atoms with Crippen LogP contribution < -0.4 is 14.8 Å². The van der Waals surface area contributed by atoms with Crippen LogP contribution >= 0.6 is 22.9 Å². The van der Waals surface area contributed by atoms with Crippen molar-refractivity contribution in [3.8, 4) is 22.8 Å². The van der Waals surface area contributed by atoms with Crippen LogP contribution in [0.2, 0.25) is 5.02 Å². The van der Waals surface area contributed by atoms with Gasteiger partial charge in [0.1, 0.15) is 18.1 Å². The topological polar surface area (TPSA) is 73.3 Å². The van der Waals surface area contributed by atoms with Gasteiger partial charge in [0.05, 0.1) is 29.6 Å². The lowest BCUT2D eigenvalue weighted by atomic mass is 10.0. The largest absolute Gasteiger partial charge is 0.497 e. The Morgan fingerprint density at radius 1 is 0.971 bits per heavy atom. The maximum atomic E-state index is 13.3. The summed E-state index contributed by atoms with van der Waals surface area (Å²) in [5, 5.41) is 6.69. The number of thiazole rings is 1. The van der Waals surface area contributed by atoms with Crippen molar-refractivity contribution < 1.29 is 14.3 Å². The van der Waals surface area contributed by atoms with Crippen LogP contribution in [-0.2, 0) is 6.61 Å². The number of halogens is 1. The van der Waals surface area contributed by atoms with Crippen LogP contribution in [0, 0.1) is 0 Å². The highest BCUT2D eigenvalue weighted by Gasteiger charge is 2.16. The maximum absolute atomic E-state index is 13.3.